The maximum absolute atomic E-state index is 12.5. The maximum atomic E-state index is 12.5. The van der Waals surface area contributed by atoms with Crippen molar-refractivity contribution >= 4 is 21.8 Å². The van der Waals surface area contributed by atoms with Crippen molar-refractivity contribution in [2.24, 2.45) is 0 Å². The number of fused-ring (bicyclic) bond motifs is 1. The Morgan fingerprint density at radius 1 is 1.14 bits per heavy atom. The highest BCUT2D eigenvalue weighted by atomic mass is 32.2. The first-order chi connectivity index (χ1) is 13.3. The van der Waals surface area contributed by atoms with E-state index < -0.39 is 15.9 Å². The van der Waals surface area contributed by atoms with Gasteiger partial charge in [-0.25, -0.2) is 12.7 Å². The fourth-order valence-electron chi connectivity index (χ4n) is 3.12. The highest BCUT2D eigenvalue weighted by Crippen LogP contribution is 2.30. The molecule has 8 heteroatoms. The summed E-state index contributed by atoms with van der Waals surface area (Å²) in [7, 11) is -2.24. The van der Waals surface area contributed by atoms with Crippen LogP contribution >= 0.6 is 0 Å². The second kappa shape index (κ2) is 8.02. The lowest BCUT2D eigenvalue weighted by atomic mass is 10.1. The molecule has 1 atom stereocenters. The summed E-state index contributed by atoms with van der Waals surface area (Å²) in [5.41, 5.74) is 1.11. The van der Waals surface area contributed by atoms with E-state index in [0.717, 1.165) is 15.6 Å². The molecule has 0 aliphatic carbocycles. The van der Waals surface area contributed by atoms with Crippen molar-refractivity contribution < 1.29 is 22.7 Å². The summed E-state index contributed by atoms with van der Waals surface area (Å²) in [6, 6.07) is 13.3. The number of methoxy groups -OCH3 is 1. The van der Waals surface area contributed by atoms with Gasteiger partial charge in [0.1, 0.15) is 10.6 Å². The van der Waals surface area contributed by atoms with Crippen molar-refractivity contribution in [3.05, 3.63) is 59.7 Å². The molecule has 0 fully saturated rings. The normalized spacial score (nSPS) is 15.8. The molecule has 0 aromatic heterocycles. The maximum Gasteiger partial charge on any atom is 0.269 e. The number of sulfonamides is 1. The summed E-state index contributed by atoms with van der Waals surface area (Å²) in [6.45, 7) is 1.84. The summed E-state index contributed by atoms with van der Waals surface area (Å²) in [5.74, 6) is -0.00718. The van der Waals surface area contributed by atoms with Crippen molar-refractivity contribution in [1.29, 1.82) is 0 Å². The van der Waals surface area contributed by atoms with E-state index in [0.29, 0.717) is 0 Å². The van der Waals surface area contributed by atoms with Crippen LogP contribution in [0.15, 0.2) is 53.4 Å². The van der Waals surface area contributed by atoms with Crippen molar-refractivity contribution in [2.45, 2.75) is 30.7 Å². The highest BCUT2D eigenvalue weighted by molar-refractivity contribution is 7.90. The summed E-state index contributed by atoms with van der Waals surface area (Å²) in [5, 5.41) is 2.88. The van der Waals surface area contributed by atoms with Crippen LogP contribution in [0.1, 0.15) is 41.7 Å². The Morgan fingerprint density at radius 3 is 2.46 bits per heavy atom. The average molecular weight is 402 g/mol. The second-order valence-corrected chi connectivity index (χ2v) is 8.38. The largest absolute Gasteiger partial charge is 0.497 e. The van der Waals surface area contributed by atoms with Gasteiger partial charge in [0.25, 0.3) is 15.9 Å². The van der Waals surface area contributed by atoms with Crippen LogP contribution in [0, 0.1) is 0 Å². The van der Waals surface area contributed by atoms with Gasteiger partial charge in [0.05, 0.1) is 18.7 Å². The van der Waals surface area contributed by atoms with Crippen molar-refractivity contribution in [1.82, 2.24) is 9.62 Å². The first-order valence-electron chi connectivity index (χ1n) is 8.94. The van der Waals surface area contributed by atoms with Gasteiger partial charge in [-0.05, 0) is 43.2 Å². The first kappa shape index (κ1) is 19.9. The number of nitrogens with zero attached hydrogens (tertiary/aromatic N) is 1. The lowest BCUT2D eigenvalue weighted by molar-refractivity contribution is -0.121. The molecule has 0 unspecified atom stereocenters. The van der Waals surface area contributed by atoms with E-state index in [2.05, 4.69) is 5.32 Å². The Morgan fingerprint density at radius 2 is 1.82 bits per heavy atom. The van der Waals surface area contributed by atoms with Crippen LogP contribution in [0.2, 0.25) is 0 Å². The third-order valence-electron chi connectivity index (χ3n) is 4.67. The molecule has 0 saturated heterocycles. The van der Waals surface area contributed by atoms with Gasteiger partial charge >= 0.3 is 0 Å². The molecule has 7 nitrogen and oxygen atoms in total. The minimum Gasteiger partial charge on any atom is -0.497 e. The summed E-state index contributed by atoms with van der Waals surface area (Å²) in [4.78, 5) is 24.6. The number of ether oxygens (including phenoxy) is 1. The highest BCUT2D eigenvalue weighted by Gasteiger charge is 2.40. The fraction of sp³-hybridized carbons (Fsp3) is 0.300. The molecule has 2 aromatic carbocycles. The van der Waals surface area contributed by atoms with E-state index in [4.69, 9.17) is 4.74 Å². The minimum absolute atomic E-state index is 0.0255. The number of benzene rings is 2. The predicted octanol–water partition coefficient (Wildman–Crippen LogP) is 2.50. The Kier molecular flexibility index (Phi) is 5.69. The lowest BCUT2D eigenvalue weighted by Crippen LogP contribution is -2.32. The van der Waals surface area contributed by atoms with Gasteiger partial charge in [-0.1, -0.05) is 24.3 Å². The molecule has 2 amide bonds. The molecule has 1 aliphatic rings. The molecule has 2 aromatic rings. The molecular formula is C20H22N2O5S. The zero-order valence-electron chi connectivity index (χ0n) is 15.7. The van der Waals surface area contributed by atoms with Crippen LogP contribution in [-0.4, -0.2) is 38.2 Å². The lowest BCUT2D eigenvalue weighted by Gasteiger charge is -2.17. The van der Waals surface area contributed by atoms with Crippen LogP contribution < -0.4 is 10.1 Å². The number of nitrogens with one attached hydrogen (secondary N) is 1. The second-order valence-electron chi connectivity index (χ2n) is 6.54. The molecule has 1 aliphatic heterocycles. The zero-order valence-corrected chi connectivity index (χ0v) is 16.5. The number of carbonyl (C=O) groups is 2. The smallest absolute Gasteiger partial charge is 0.269 e. The van der Waals surface area contributed by atoms with Crippen molar-refractivity contribution in [2.75, 3.05) is 13.7 Å². The Hall–Kier alpha value is -2.87. The van der Waals surface area contributed by atoms with E-state index in [1.807, 2.05) is 31.2 Å². The third-order valence-corrected chi connectivity index (χ3v) is 6.51. The number of carbonyl (C=O) groups excluding carboxylic acids is 2. The third kappa shape index (κ3) is 3.87. The van der Waals surface area contributed by atoms with E-state index in [1.54, 1.807) is 19.2 Å². The number of rotatable bonds is 7. The minimum atomic E-state index is -3.83. The molecule has 0 radical (unpaired) electrons. The molecular weight excluding hydrogens is 380 g/mol. The molecule has 28 heavy (non-hydrogen) atoms. The molecule has 0 bridgehead atoms. The van der Waals surface area contributed by atoms with Gasteiger partial charge in [0.2, 0.25) is 5.91 Å². The van der Waals surface area contributed by atoms with Crippen LogP contribution in [0.3, 0.4) is 0 Å². The summed E-state index contributed by atoms with van der Waals surface area (Å²) >= 11 is 0. The van der Waals surface area contributed by atoms with Gasteiger partial charge in [0, 0.05) is 13.0 Å². The van der Waals surface area contributed by atoms with Crippen molar-refractivity contribution in [3.8, 4) is 5.75 Å². The van der Waals surface area contributed by atoms with E-state index in [-0.39, 0.29) is 41.8 Å². The monoisotopic (exact) mass is 402 g/mol. The number of hydrogen-bond donors (Lipinski definition) is 1. The van der Waals surface area contributed by atoms with Gasteiger partial charge in [-0.15, -0.1) is 0 Å². The molecule has 0 saturated carbocycles. The number of amides is 2. The quantitative estimate of drug-likeness (QED) is 0.768. The standard InChI is InChI=1S/C20H22N2O5S/c1-14(15-9-11-16(27-2)12-10-15)21-19(23)8-5-13-22-20(24)17-6-3-4-7-18(17)28(22,25)26/h3-4,6-7,9-12,14H,5,8,13H2,1-2H3,(H,21,23)/t14-/m1/s1. The van der Waals surface area contributed by atoms with Crippen LogP contribution in [-0.2, 0) is 14.8 Å². The average Bonchev–Trinajstić information content (AvgIpc) is 2.89. The molecule has 1 heterocycles. The molecule has 148 valence electrons. The Balaban J connectivity index is 1.53. The van der Waals surface area contributed by atoms with Crippen LogP contribution in [0.25, 0.3) is 0 Å². The molecule has 1 N–H and O–H groups in total. The van der Waals surface area contributed by atoms with E-state index >= 15 is 0 Å². The fourth-order valence-corrected chi connectivity index (χ4v) is 4.73. The van der Waals surface area contributed by atoms with Crippen LogP contribution in [0.5, 0.6) is 5.75 Å². The number of hydrogen-bond acceptors (Lipinski definition) is 5. The summed E-state index contributed by atoms with van der Waals surface area (Å²) < 4.78 is 30.9. The topological polar surface area (TPSA) is 92.8 Å². The molecule has 3 rings (SSSR count). The van der Waals surface area contributed by atoms with Crippen molar-refractivity contribution in [3.63, 3.8) is 0 Å². The van der Waals surface area contributed by atoms with Gasteiger partial charge in [-0.3, -0.25) is 9.59 Å². The Labute approximate surface area is 164 Å². The van der Waals surface area contributed by atoms with Gasteiger partial charge < -0.3 is 10.1 Å². The Bertz CT molecular complexity index is 986. The zero-order chi connectivity index (χ0) is 20.3. The summed E-state index contributed by atoms with van der Waals surface area (Å²) in [6.07, 6.45) is 0.371. The SMILES string of the molecule is COc1ccc([C@@H](C)NC(=O)CCCN2C(=O)c3ccccc3S2(=O)=O)cc1. The first-order valence-corrected chi connectivity index (χ1v) is 10.4. The van der Waals surface area contributed by atoms with Gasteiger partial charge in [-0.2, -0.15) is 0 Å². The molecule has 0 spiro atoms. The van der Waals surface area contributed by atoms with Gasteiger partial charge in [0.15, 0.2) is 0 Å². The van der Waals surface area contributed by atoms with E-state index in [1.165, 1.54) is 12.1 Å². The van der Waals surface area contributed by atoms with E-state index in [9.17, 15) is 18.0 Å². The van der Waals surface area contributed by atoms with Crippen LogP contribution in [0.4, 0.5) is 0 Å². The predicted molar refractivity (Wildman–Crippen MR) is 103 cm³/mol.